The van der Waals surface area contributed by atoms with E-state index in [0.29, 0.717) is 5.91 Å². The smallest absolute Gasteiger partial charge is 0.223 e. The van der Waals surface area contributed by atoms with Gasteiger partial charge in [-0.3, -0.25) is 9.69 Å². The lowest BCUT2D eigenvalue weighted by molar-refractivity contribution is -0.132. The van der Waals surface area contributed by atoms with Gasteiger partial charge in [-0.05, 0) is 87.8 Å². The van der Waals surface area contributed by atoms with Crippen LogP contribution >= 0.6 is 0 Å². The van der Waals surface area contributed by atoms with Crippen molar-refractivity contribution in [2.75, 3.05) is 13.1 Å². The molecule has 3 heteroatoms. The first-order valence-corrected chi connectivity index (χ1v) is 10.8. The van der Waals surface area contributed by atoms with Gasteiger partial charge in [0, 0.05) is 18.0 Å². The van der Waals surface area contributed by atoms with Crippen LogP contribution in [0.1, 0.15) is 56.9 Å². The van der Waals surface area contributed by atoms with E-state index >= 15 is 0 Å². The molecule has 3 nitrogen and oxygen atoms in total. The molecule has 5 fully saturated rings. The van der Waals surface area contributed by atoms with Gasteiger partial charge in [0.2, 0.25) is 5.91 Å². The molecule has 1 aliphatic heterocycles. The lowest BCUT2D eigenvalue weighted by Crippen LogP contribution is -2.61. The first-order chi connectivity index (χ1) is 12.7. The zero-order chi connectivity index (χ0) is 17.6. The normalized spacial score (nSPS) is 37.0. The molecule has 26 heavy (non-hydrogen) atoms. The average Bonchev–Trinajstić information content (AvgIpc) is 2.61. The van der Waals surface area contributed by atoms with Crippen molar-refractivity contribution in [3.05, 3.63) is 35.9 Å². The van der Waals surface area contributed by atoms with E-state index in [-0.39, 0.29) is 11.5 Å². The SMILES string of the molecule is O=C(NC12CC3CC(CC(C3)C1)C2)C1CCN(Cc2ccccc2)CC1. The number of likely N-dealkylation sites (tertiary alicyclic amines) is 1. The number of benzene rings is 1. The molecule has 4 bridgehead atoms. The summed E-state index contributed by atoms with van der Waals surface area (Å²) in [5.74, 6) is 3.29. The van der Waals surface area contributed by atoms with Crippen molar-refractivity contribution in [3.63, 3.8) is 0 Å². The van der Waals surface area contributed by atoms with Crippen LogP contribution in [0.25, 0.3) is 0 Å². The van der Waals surface area contributed by atoms with E-state index in [4.69, 9.17) is 0 Å². The molecule has 0 spiro atoms. The largest absolute Gasteiger partial charge is 0.350 e. The van der Waals surface area contributed by atoms with Gasteiger partial charge in [-0.25, -0.2) is 0 Å². The quantitative estimate of drug-likeness (QED) is 0.889. The van der Waals surface area contributed by atoms with Crippen LogP contribution in [-0.4, -0.2) is 29.4 Å². The molecule has 1 heterocycles. The first-order valence-electron chi connectivity index (χ1n) is 10.8. The molecule has 140 valence electrons. The van der Waals surface area contributed by atoms with Crippen molar-refractivity contribution < 1.29 is 4.79 Å². The van der Waals surface area contributed by atoms with E-state index in [0.717, 1.165) is 50.2 Å². The minimum Gasteiger partial charge on any atom is -0.350 e. The van der Waals surface area contributed by atoms with Crippen molar-refractivity contribution in [1.82, 2.24) is 10.2 Å². The lowest BCUT2D eigenvalue weighted by atomic mass is 9.53. The first kappa shape index (κ1) is 16.8. The Morgan fingerprint density at radius 2 is 1.54 bits per heavy atom. The summed E-state index contributed by atoms with van der Waals surface area (Å²) in [5, 5.41) is 3.60. The molecule has 0 atom stereocenters. The second-order valence-electron chi connectivity index (χ2n) is 9.72. The van der Waals surface area contributed by atoms with Crippen LogP contribution in [0.3, 0.4) is 0 Å². The highest BCUT2D eigenvalue weighted by Gasteiger charge is 2.51. The highest BCUT2D eigenvalue weighted by atomic mass is 16.2. The number of carbonyl (C=O) groups is 1. The van der Waals surface area contributed by atoms with E-state index in [1.807, 2.05) is 0 Å². The predicted octanol–water partition coefficient (Wildman–Crippen LogP) is 3.98. The molecule has 0 aromatic heterocycles. The molecular weight excluding hydrogens is 320 g/mol. The summed E-state index contributed by atoms with van der Waals surface area (Å²) in [6.07, 6.45) is 10.1. The maximum absolute atomic E-state index is 13.0. The Kier molecular flexibility index (Phi) is 4.31. The summed E-state index contributed by atoms with van der Waals surface area (Å²) >= 11 is 0. The third-order valence-electron chi connectivity index (χ3n) is 7.63. The summed E-state index contributed by atoms with van der Waals surface area (Å²) in [6, 6.07) is 10.7. The van der Waals surface area contributed by atoms with E-state index in [1.54, 1.807) is 0 Å². The van der Waals surface area contributed by atoms with Gasteiger partial charge >= 0.3 is 0 Å². The average molecular weight is 353 g/mol. The van der Waals surface area contributed by atoms with Gasteiger partial charge in [-0.1, -0.05) is 30.3 Å². The summed E-state index contributed by atoms with van der Waals surface area (Å²) in [5.41, 5.74) is 1.55. The summed E-state index contributed by atoms with van der Waals surface area (Å²) in [4.78, 5) is 15.5. The van der Waals surface area contributed by atoms with E-state index in [2.05, 4.69) is 40.5 Å². The van der Waals surface area contributed by atoms with Crippen LogP contribution in [0.2, 0.25) is 0 Å². The Morgan fingerprint density at radius 1 is 0.962 bits per heavy atom. The molecule has 1 saturated heterocycles. The molecule has 6 rings (SSSR count). The monoisotopic (exact) mass is 352 g/mol. The second kappa shape index (κ2) is 6.67. The Labute approximate surface area is 157 Å². The summed E-state index contributed by atoms with van der Waals surface area (Å²) < 4.78 is 0. The lowest BCUT2D eigenvalue weighted by Gasteiger charge is -2.57. The van der Waals surface area contributed by atoms with Gasteiger partial charge in [0.15, 0.2) is 0 Å². The van der Waals surface area contributed by atoms with Gasteiger partial charge in [0.1, 0.15) is 0 Å². The standard InChI is InChI=1S/C23H32N2O/c26-22(24-23-13-18-10-19(14-23)12-20(11-18)15-23)21-6-8-25(9-7-21)16-17-4-2-1-3-5-17/h1-5,18-21H,6-16H2,(H,24,26). The van der Waals surface area contributed by atoms with Crippen LogP contribution in [0.15, 0.2) is 30.3 Å². The highest BCUT2D eigenvalue weighted by Crippen LogP contribution is 2.55. The third-order valence-corrected chi connectivity index (χ3v) is 7.63. The van der Waals surface area contributed by atoms with E-state index in [1.165, 1.54) is 44.1 Å². The van der Waals surface area contributed by atoms with Gasteiger partial charge in [0.05, 0.1) is 0 Å². The summed E-state index contributed by atoms with van der Waals surface area (Å²) in [7, 11) is 0. The molecule has 5 aliphatic rings. The topological polar surface area (TPSA) is 32.3 Å². The maximum Gasteiger partial charge on any atom is 0.223 e. The van der Waals surface area contributed by atoms with Crippen LogP contribution < -0.4 is 5.32 Å². The van der Waals surface area contributed by atoms with Crippen molar-refractivity contribution in [2.45, 2.75) is 63.5 Å². The van der Waals surface area contributed by atoms with Crippen LogP contribution in [0.4, 0.5) is 0 Å². The van der Waals surface area contributed by atoms with Crippen molar-refractivity contribution in [3.8, 4) is 0 Å². The summed E-state index contributed by atoms with van der Waals surface area (Å²) in [6.45, 7) is 3.12. The minimum atomic E-state index is 0.174. The number of amides is 1. The van der Waals surface area contributed by atoms with Crippen molar-refractivity contribution in [1.29, 1.82) is 0 Å². The number of hydrogen-bond donors (Lipinski definition) is 1. The molecule has 4 aliphatic carbocycles. The molecule has 1 aromatic rings. The Balaban J connectivity index is 1.15. The Bertz CT molecular complexity index is 612. The molecule has 0 radical (unpaired) electrons. The Hall–Kier alpha value is -1.35. The second-order valence-corrected chi connectivity index (χ2v) is 9.72. The molecule has 1 amide bonds. The van der Waals surface area contributed by atoms with Gasteiger partial charge < -0.3 is 5.32 Å². The number of nitrogens with one attached hydrogen (secondary N) is 1. The van der Waals surface area contributed by atoms with Crippen LogP contribution in [0, 0.1) is 23.7 Å². The zero-order valence-electron chi connectivity index (χ0n) is 15.8. The molecule has 1 N–H and O–H groups in total. The molecule has 1 aromatic carbocycles. The van der Waals surface area contributed by atoms with Crippen LogP contribution in [-0.2, 0) is 11.3 Å². The van der Waals surface area contributed by atoms with E-state index in [9.17, 15) is 4.79 Å². The maximum atomic E-state index is 13.0. The zero-order valence-corrected chi connectivity index (χ0v) is 15.8. The predicted molar refractivity (Wildman–Crippen MR) is 103 cm³/mol. The minimum absolute atomic E-state index is 0.174. The number of rotatable bonds is 4. The molecule has 4 saturated carbocycles. The fourth-order valence-electron chi connectivity index (χ4n) is 6.82. The van der Waals surface area contributed by atoms with Crippen molar-refractivity contribution >= 4 is 5.91 Å². The van der Waals surface area contributed by atoms with Gasteiger partial charge in [-0.15, -0.1) is 0 Å². The molecular formula is C23H32N2O. The number of piperidine rings is 1. The van der Waals surface area contributed by atoms with Gasteiger partial charge in [-0.2, -0.15) is 0 Å². The van der Waals surface area contributed by atoms with E-state index < -0.39 is 0 Å². The third kappa shape index (κ3) is 3.31. The fourth-order valence-corrected chi connectivity index (χ4v) is 6.82. The van der Waals surface area contributed by atoms with Crippen LogP contribution in [0.5, 0.6) is 0 Å². The number of hydrogen-bond acceptors (Lipinski definition) is 2. The molecule has 0 unspecified atom stereocenters. The van der Waals surface area contributed by atoms with Gasteiger partial charge in [0.25, 0.3) is 0 Å². The number of carbonyl (C=O) groups excluding carboxylic acids is 1. The van der Waals surface area contributed by atoms with Crippen molar-refractivity contribution in [2.24, 2.45) is 23.7 Å². The number of nitrogens with zero attached hydrogens (tertiary/aromatic N) is 1. The highest BCUT2D eigenvalue weighted by molar-refractivity contribution is 5.79. The fraction of sp³-hybridized carbons (Fsp3) is 0.696. The Morgan fingerprint density at radius 3 is 2.12 bits per heavy atom.